The van der Waals surface area contributed by atoms with Crippen molar-refractivity contribution in [1.29, 1.82) is 0 Å². The topological polar surface area (TPSA) is 95.7 Å². The highest BCUT2D eigenvalue weighted by Crippen LogP contribution is 2.44. The van der Waals surface area contributed by atoms with E-state index in [-0.39, 0.29) is 24.6 Å². The van der Waals surface area contributed by atoms with E-state index in [1.807, 2.05) is 25.7 Å². The summed E-state index contributed by atoms with van der Waals surface area (Å²) in [7, 11) is 0. The monoisotopic (exact) mass is 412 g/mol. The van der Waals surface area contributed by atoms with Gasteiger partial charge in [0.15, 0.2) is 5.65 Å². The number of aromatic nitrogens is 4. The quantitative estimate of drug-likeness (QED) is 0.669. The van der Waals surface area contributed by atoms with Gasteiger partial charge in [0.25, 0.3) is 5.91 Å². The molecule has 1 aliphatic heterocycles. The van der Waals surface area contributed by atoms with Gasteiger partial charge in [0.05, 0.1) is 30.6 Å². The number of hydrogen-bond donors (Lipinski definition) is 2. The number of aliphatic hydroxyl groups excluding tert-OH is 1. The molecule has 0 aliphatic carbocycles. The SMILES string of the molecule is CC(C)NC(=O)c1cnn2ccc(N3C(c4cncc(F)c4)CC[C@@]3(C)CO)nc12. The molecule has 158 valence electrons. The van der Waals surface area contributed by atoms with Gasteiger partial charge in [-0.05, 0) is 51.3 Å². The van der Waals surface area contributed by atoms with Gasteiger partial charge in [0, 0.05) is 18.4 Å². The highest BCUT2D eigenvalue weighted by Gasteiger charge is 2.44. The molecule has 1 saturated heterocycles. The van der Waals surface area contributed by atoms with Crippen LogP contribution in [0, 0.1) is 5.82 Å². The zero-order chi connectivity index (χ0) is 21.5. The largest absolute Gasteiger partial charge is 0.394 e. The molecular formula is C21H25FN6O2. The summed E-state index contributed by atoms with van der Waals surface area (Å²) in [6, 6.07) is 3.04. The molecule has 3 aromatic rings. The molecule has 8 nitrogen and oxygen atoms in total. The average molecular weight is 412 g/mol. The van der Waals surface area contributed by atoms with Crippen molar-refractivity contribution in [3.05, 3.63) is 53.9 Å². The third-order valence-electron chi connectivity index (χ3n) is 5.57. The lowest BCUT2D eigenvalue weighted by atomic mass is 10.0. The van der Waals surface area contributed by atoms with Crippen LogP contribution in [0.25, 0.3) is 5.65 Å². The molecule has 3 aromatic heterocycles. The van der Waals surface area contributed by atoms with E-state index in [0.29, 0.717) is 23.4 Å². The van der Waals surface area contributed by atoms with Crippen LogP contribution in [0.3, 0.4) is 0 Å². The van der Waals surface area contributed by atoms with Crippen LogP contribution in [-0.4, -0.2) is 48.8 Å². The minimum absolute atomic E-state index is 0.0169. The Bertz CT molecular complexity index is 1080. The standard InChI is InChI=1S/C21H25FN6O2/c1-13(2)25-20(30)16-11-24-27-7-5-18(26-19(16)27)28-17(4-6-21(28,3)12-29)14-8-15(22)10-23-9-14/h5,7-11,13,17,29H,4,6,12H2,1-3H3,(H,25,30)/t17?,21-/m0/s1. The third-order valence-corrected chi connectivity index (χ3v) is 5.57. The Morgan fingerprint density at radius 2 is 2.20 bits per heavy atom. The minimum atomic E-state index is -0.581. The Labute approximate surface area is 173 Å². The highest BCUT2D eigenvalue weighted by molar-refractivity contribution is 5.99. The normalized spacial score (nSPS) is 21.5. The van der Waals surface area contributed by atoms with Crippen LogP contribution in [0.1, 0.15) is 55.6 Å². The summed E-state index contributed by atoms with van der Waals surface area (Å²) in [5, 5.41) is 17.2. The number of carbonyl (C=O) groups is 1. The summed E-state index contributed by atoms with van der Waals surface area (Å²) in [5.41, 5.74) is 0.941. The number of carbonyl (C=O) groups excluding carboxylic acids is 1. The number of pyridine rings is 1. The smallest absolute Gasteiger partial charge is 0.256 e. The minimum Gasteiger partial charge on any atom is -0.394 e. The van der Waals surface area contributed by atoms with E-state index in [9.17, 15) is 14.3 Å². The van der Waals surface area contributed by atoms with E-state index < -0.39 is 11.4 Å². The fourth-order valence-corrected chi connectivity index (χ4v) is 4.08. The third kappa shape index (κ3) is 3.49. The lowest BCUT2D eigenvalue weighted by Gasteiger charge is -2.38. The van der Waals surface area contributed by atoms with E-state index in [1.165, 1.54) is 18.5 Å². The fraction of sp³-hybridized carbons (Fsp3) is 0.429. The van der Waals surface area contributed by atoms with Crippen molar-refractivity contribution < 1.29 is 14.3 Å². The van der Waals surface area contributed by atoms with Gasteiger partial charge in [-0.2, -0.15) is 5.10 Å². The first-order valence-corrected chi connectivity index (χ1v) is 9.98. The second-order valence-corrected chi connectivity index (χ2v) is 8.26. The zero-order valence-electron chi connectivity index (χ0n) is 17.2. The van der Waals surface area contributed by atoms with Gasteiger partial charge in [-0.1, -0.05) is 0 Å². The molecule has 9 heteroatoms. The van der Waals surface area contributed by atoms with Crippen molar-refractivity contribution in [2.45, 2.75) is 51.2 Å². The first-order valence-electron chi connectivity index (χ1n) is 9.98. The van der Waals surface area contributed by atoms with Gasteiger partial charge < -0.3 is 15.3 Å². The number of rotatable bonds is 5. The van der Waals surface area contributed by atoms with Crippen LogP contribution < -0.4 is 10.2 Å². The summed E-state index contributed by atoms with van der Waals surface area (Å²) in [5.74, 6) is -0.0660. The molecule has 30 heavy (non-hydrogen) atoms. The summed E-state index contributed by atoms with van der Waals surface area (Å²) in [6.45, 7) is 5.64. The maximum atomic E-state index is 13.8. The maximum Gasteiger partial charge on any atom is 0.256 e. The lowest BCUT2D eigenvalue weighted by Crippen LogP contribution is -2.46. The van der Waals surface area contributed by atoms with Crippen molar-refractivity contribution >= 4 is 17.4 Å². The van der Waals surface area contributed by atoms with Crippen LogP contribution in [-0.2, 0) is 0 Å². The first kappa shape index (κ1) is 20.2. The van der Waals surface area contributed by atoms with Crippen LogP contribution in [0.4, 0.5) is 10.2 Å². The summed E-state index contributed by atoms with van der Waals surface area (Å²) >= 11 is 0. The summed E-state index contributed by atoms with van der Waals surface area (Å²) < 4.78 is 15.4. The number of anilines is 1. The van der Waals surface area contributed by atoms with Crippen LogP contribution in [0.5, 0.6) is 0 Å². The molecule has 1 unspecified atom stereocenters. The Hall–Kier alpha value is -3.07. The van der Waals surface area contributed by atoms with Crippen LogP contribution >= 0.6 is 0 Å². The predicted octanol–water partition coefficient (Wildman–Crippen LogP) is 2.49. The number of halogens is 1. The molecule has 4 heterocycles. The van der Waals surface area contributed by atoms with Crippen molar-refractivity contribution in [2.75, 3.05) is 11.5 Å². The van der Waals surface area contributed by atoms with Crippen molar-refractivity contribution in [3.8, 4) is 0 Å². The lowest BCUT2D eigenvalue weighted by molar-refractivity contribution is 0.0944. The Morgan fingerprint density at radius 1 is 1.40 bits per heavy atom. The number of nitrogens with zero attached hydrogens (tertiary/aromatic N) is 5. The number of hydrogen-bond acceptors (Lipinski definition) is 6. The number of amides is 1. The average Bonchev–Trinajstić information content (AvgIpc) is 3.28. The van der Waals surface area contributed by atoms with Gasteiger partial charge in [0.1, 0.15) is 17.2 Å². The predicted molar refractivity (Wildman–Crippen MR) is 110 cm³/mol. The second-order valence-electron chi connectivity index (χ2n) is 8.26. The molecule has 0 radical (unpaired) electrons. The van der Waals surface area contributed by atoms with Gasteiger partial charge in [-0.3, -0.25) is 9.78 Å². The van der Waals surface area contributed by atoms with E-state index in [0.717, 1.165) is 12.0 Å². The van der Waals surface area contributed by atoms with Crippen LogP contribution in [0.15, 0.2) is 36.9 Å². The van der Waals surface area contributed by atoms with Gasteiger partial charge in [-0.25, -0.2) is 13.9 Å². The Kier molecular flexibility index (Phi) is 5.15. The number of fused-ring (bicyclic) bond motifs is 1. The van der Waals surface area contributed by atoms with Gasteiger partial charge in [0.2, 0.25) is 0 Å². The molecule has 2 atom stereocenters. The zero-order valence-corrected chi connectivity index (χ0v) is 17.2. The molecule has 0 bridgehead atoms. The molecule has 1 fully saturated rings. The number of nitrogens with one attached hydrogen (secondary N) is 1. The highest BCUT2D eigenvalue weighted by atomic mass is 19.1. The first-order chi connectivity index (χ1) is 14.3. The second kappa shape index (κ2) is 7.64. The van der Waals surface area contributed by atoms with Gasteiger partial charge in [-0.15, -0.1) is 0 Å². The Balaban J connectivity index is 1.80. The molecule has 1 aliphatic rings. The molecule has 1 amide bonds. The Morgan fingerprint density at radius 3 is 2.90 bits per heavy atom. The van der Waals surface area contributed by atoms with Crippen molar-refractivity contribution in [2.24, 2.45) is 0 Å². The summed E-state index contributed by atoms with van der Waals surface area (Å²) in [6.07, 6.45) is 7.47. The van der Waals surface area contributed by atoms with E-state index in [4.69, 9.17) is 4.98 Å². The summed E-state index contributed by atoms with van der Waals surface area (Å²) in [4.78, 5) is 23.3. The van der Waals surface area contributed by atoms with Crippen molar-refractivity contribution in [3.63, 3.8) is 0 Å². The van der Waals surface area contributed by atoms with E-state index in [1.54, 1.807) is 23.0 Å². The van der Waals surface area contributed by atoms with E-state index in [2.05, 4.69) is 15.4 Å². The molecule has 2 N–H and O–H groups in total. The molecule has 0 saturated carbocycles. The van der Waals surface area contributed by atoms with Crippen LogP contribution in [0.2, 0.25) is 0 Å². The van der Waals surface area contributed by atoms with Gasteiger partial charge >= 0.3 is 0 Å². The number of aliphatic hydroxyl groups is 1. The molecular weight excluding hydrogens is 387 g/mol. The fourth-order valence-electron chi connectivity index (χ4n) is 4.08. The van der Waals surface area contributed by atoms with Crippen molar-refractivity contribution in [1.82, 2.24) is 24.9 Å². The van der Waals surface area contributed by atoms with E-state index >= 15 is 0 Å². The molecule has 4 rings (SSSR count). The maximum absolute atomic E-state index is 13.8. The molecule has 0 aromatic carbocycles. The molecule has 0 spiro atoms.